The number of imide groups is 1. The predicted octanol–water partition coefficient (Wildman–Crippen LogP) is -0.308. The van der Waals surface area contributed by atoms with Crippen LogP contribution in [0.25, 0.3) is 0 Å². The number of carbonyl (C=O) groups excluding carboxylic acids is 3. The summed E-state index contributed by atoms with van der Waals surface area (Å²) in [6.07, 6.45) is 2.51. The number of hydrogen-bond donors (Lipinski definition) is 2. The second kappa shape index (κ2) is 4.15. The van der Waals surface area contributed by atoms with Crippen LogP contribution in [0.5, 0.6) is 0 Å². The third-order valence-corrected chi connectivity index (χ3v) is 5.16. The number of thioether (sulfide) groups is 1. The van der Waals surface area contributed by atoms with Gasteiger partial charge in [0.25, 0.3) is 5.91 Å². The number of nitrogens with zero attached hydrogens (tertiary/aromatic N) is 1. The van der Waals surface area contributed by atoms with Crippen molar-refractivity contribution in [2.24, 2.45) is 0 Å². The molecule has 2 unspecified atom stereocenters. The van der Waals surface area contributed by atoms with Gasteiger partial charge in [0.15, 0.2) is 0 Å². The highest BCUT2D eigenvalue weighted by molar-refractivity contribution is 8.00. The number of carbonyl (C=O) groups is 3. The van der Waals surface area contributed by atoms with Crippen molar-refractivity contribution >= 4 is 29.6 Å². The molecule has 4 amide bonds. The lowest BCUT2D eigenvalue weighted by Crippen LogP contribution is -2.50. The van der Waals surface area contributed by atoms with Gasteiger partial charge in [0.2, 0.25) is 5.91 Å². The van der Waals surface area contributed by atoms with Crippen LogP contribution in [0.4, 0.5) is 4.79 Å². The van der Waals surface area contributed by atoms with Gasteiger partial charge in [-0.1, -0.05) is 0 Å². The first-order valence-electron chi connectivity index (χ1n) is 6.15. The van der Waals surface area contributed by atoms with Gasteiger partial charge in [-0.05, 0) is 25.0 Å². The number of amides is 4. The molecule has 2 atom stereocenters. The average molecular weight is 269 g/mol. The number of likely N-dealkylation sites (tertiary alicyclic amines) is 1. The Morgan fingerprint density at radius 2 is 2.28 bits per heavy atom. The van der Waals surface area contributed by atoms with Crippen LogP contribution in [0, 0.1) is 0 Å². The van der Waals surface area contributed by atoms with Gasteiger partial charge in [0.05, 0.1) is 11.8 Å². The zero-order valence-electron chi connectivity index (χ0n) is 9.90. The highest BCUT2D eigenvalue weighted by Crippen LogP contribution is 2.31. The first-order chi connectivity index (χ1) is 8.61. The monoisotopic (exact) mass is 269 g/mol. The molecule has 0 aromatic heterocycles. The van der Waals surface area contributed by atoms with E-state index >= 15 is 0 Å². The van der Waals surface area contributed by atoms with Crippen LogP contribution < -0.4 is 10.6 Å². The van der Waals surface area contributed by atoms with Gasteiger partial charge in [-0.3, -0.25) is 14.9 Å². The van der Waals surface area contributed by atoms with Crippen molar-refractivity contribution in [1.82, 2.24) is 15.5 Å². The van der Waals surface area contributed by atoms with Crippen LogP contribution in [-0.4, -0.2) is 52.4 Å². The molecule has 3 aliphatic heterocycles. The molecule has 6 nitrogen and oxygen atoms in total. The summed E-state index contributed by atoms with van der Waals surface area (Å²) < 4.78 is 0. The average Bonchev–Trinajstić information content (AvgIpc) is 3.01. The summed E-state index contributed by atoms with van der Waals surface area (Å²) in [5.41, 5.74) is -0.879. The first-order valence-corrected chi connectivity index (χ1v) is 7.20. The van der Waals surface area contributed by atoms with Gasteiger partial charge in [-0.2, -0.15) is 0 Å². The van der Waals surface area contributed by atoms with E-state index in [1.165, 1.54) is 0 Å². The molecule has 0 aromatic rings. The molecule has 0 aromatic carbocycles. The summed E-state index contributed by atoms with van der Waals surface area (Å²) >= 11 is 1.69. The Morgan fingerprint density at radius 3 is 2.89 bits per heavy atom. The van der Waals surface area contributed by atoms with Gasteiger partial charge in [0.1, 0.15) is 5.54 Å². The van der Waals surface area contributed by atoms with E-state index in [9.17, 15) is 14.4 Å². The van der Waals surface area contributed by atoms with E-state index in [0.29, 0.717) is 19.5 Å². The van der Waals surface area contributed by atoms with Gasteiger partial charge < -0.3 is 10.2 Å². The molecule has 0 radical (unpaired) electrons. The molecule has 1 spiro atoms. The lowest BCUT2D eigenvalue weighted by molar-refractivity contribution is -0.130. The number of urea groups is 1. The molecule has 3 heterocycles. The third kappa shape index (κ3) is 1.77. The van der Waals surface area contributed by atoms with Crippen LogP contribution in [0.3, 0.4) is 0 Å². The molecule has 7 heteroatoms. The van der Waals surface area contributed by atoms with Gasteiger partial charge in [-0.25, -0.2) is 4.79 Å². The lowest BCUT2D eigenvalue weighted by Gasteiger charge is -2.23. The molecule has 98 valence electrons. The number of nitrogens with one attached hydrogen (secondary N) is 2. The fourth-order valence-corrected chi connectivity index (χ4v) is 4.03. The molecule has 0 saturated carbocycles. The molecular weight excluding hydrogens is 254 g/mol. The maximum absolute atomic E-state index is 12.2. The van der Waals surface area contributed by atoms with Crippen molar-refractivity contribution in [2.45, 2.75) is 30.1 Å². The highest BCUT2D eigenvalue weighted by atomic mass is 32.2. The molecule has 0 bridgehead atoms. The van der Waals surface area contributed by atoms with Crippen molar-refractivity contribution in [1.29, 1.82) is 0 Å². The molecule has 2 N–H and O–H groups in total. The molecule has 0 aliphatic carbocycles. The summed E-state index contributed by atoms with van der Waals surface area (Å²) in [5.74, 6) is 0.845. The Bertz CT molecular complexity index is 422. The Hall–Kier alpha value is -1.24. The van der Waals surface area contributed by atoms with Crippen molar-refractivity contribution < 1.29 is 14.4 Å². The van der Waals surface area contributed by atoms with Crippen molar-refractivity contribution in [3.8, 4) is 0 Å². The smallest absolute Gasteiger partial charge is 0.322 e. The Kier molecular flexibility index (Phi) is 2.73. The molecule has 3 saturated heterocycles. The Balaban J connectivity index is 1.69. The topological polar surface area (TPSA) is 78.5 Å². The van der Waals surface area contributed by atoms with Crippen LogP contribution >= 0.6 is 11.8 Å². The van der Waals surface area contributed by atoms with Crippen LogP contribution in [0.2, 0.25) is 0 Å². The molecule has 3 fully saturated rings. The van der Waals surface area contributed by atoms with Gasteiger partial charge in [0, 0.05) is 6.54 Å². The third-order valence-electron chi connectivity index (χ3n) is 3.80. The summed E-state index contributed by atoms with van der Waals surface area (Å²) in [4.78, 5) is 36.9. The summed E-state index contributed by atoms with van der Waals surface area (Å²) in [6.45, 7) is 0.851. The maximum Gasteiger partial charge on any atom is 0.322 e. The molecule has 18 heavy (non-hydrogen) atoms. The second-order valence-corrected chi connectivity index (χ2v) is 6.31. The summed E-state index contributed by atoms with van der Waals surface area (Å²) in [5, 5.41) is 4.94. The number of rotatable bonds is 1. The zero-order valence-corrected chi connectivity index (χ0v) is 10.7. The Morgan fingerprint density at radius 1 is 1.44 bits per heavy atom. The van der Waals surface area contributed by atoms with E-state index in [0.717, 1.165) is 18.6 Å². The van der Waals surface area contributed by atoms with E-state index in [4.69, 9.17) is 0 Å². The van der Waals surface area contributed by atoms with Crippen LogP contribution in [-0.2, 0) is 9.59 Å². The minimum Gasteiger partial charge on any atom is -0.339 e. The van der Waals surface area contributed by atoms with Crippen LogP contribution in [0.1, 0.15) is 19.3 Å². The largest absolute Gasteiger partial charge is 0.339 e. The molecular formula is C11H15N3O3S. The minimum atomic E-state index is -0.879. The van der Waals surface area contributed by atoms with E-state index in [-0.39, 0.29) is 17.1 Å². The van der Waals surface area contributed by atoms with Crippen molar-refractivity contribution in [3.63, 3.8) is 0 Å². The standard InChI is InChI=1S/C11H15N3O3S/c15-8(7-2-1-5-18-7)14-4-3-11(6-14)9(16)12-10(17)13-11/h7H,1-6H2,(H2,12,13,16,17). The molecule has 3 aliphatic rings. The SMILES string of the molecule is O=C1NC(=O)C2(CCN(C(=O)C3CCCS3)C2)N1. The van der Waals surface area contributed by atoms with Crippen LogP contribution in [0.15, 0.2) is 0 Å². The van der Waals surface area contributed by atoms with E-state index in [1.807, 2.05) is 0 Å². The quantitative estimate of drug-likeness (QED) is 0.640. The van der Waals surface area contributed by atoms with Crippen molar-refractivity contribution in [3.05, 3.63) is 0 Å². The minimum absolute atomic E-state index is 0.0420. The lowest BCUT2D eigenvalue weighted by atomic mass is 9.99. The summed E-state index contributed by atoms with van der Waals surface area (Å²) in [6, 6.07) is -0.454. The normalized spacial score (nSPS) is 35.1. The Labute approximate surface area is 109 Å². The van der Waals surface area contributed by atoms with Crippen molar-refractivity contribution in [2.75, 3.05) is 18.8 Å². The van der Waals surface area contributed by atoms with Gasteiger partial charge >= 0.3 is 6.03 Å². The number of hydrogen-bond acceptors (Lipinski definition) is 4. The van der Waals surface area contributed by atoms with E-state index < -0.39 is 11.6 Å². The second-order valence-electron chi connectivity index (χ2n) is 5.00. The van der Waals surface area contributed by atoms with E-state index in [2.05, 4.69) is 10.6 Å². The first kappa shape index (κ1) is 11.8. The molecule has 3 rings (SSSR count). The van der Waals surface area contributed by atoms with Gasteiger partial charge in [-0.15, -0.1) is 11.8 Å². The predicted molar refractivity (Wildman–Crippen MR) is 66.1 cm³/mol. The zero-order chi connectivity index (χ0) is 12.8. The highest BCUT2D eigenvalue weighted by Gasteiger charge is 2.52. The fourth-order valence-electron chi connectivity index (χ4n) is 2.79. The fraction of sp³-hybridized carbons (Fsp3) is 0.727. The van der Waals surface area contributed by atoms with E-state index in [1.54, 1.807) is 16.7 Å². The summed E-state index contributed by atoms with van der Waals surface area (Å²) in [7, 11) is 0. The maximum atomic E-state index is 12.2.